The summed E-state index contributed by atoms with van der Waals surface area (Å²) in [5, 5.41) is 3.49. The van der Waals surface area contributed by atoms with Gasteiger partial charge in [-0.3, -0.25) is 9.59 Å². The number of carbonyl (C=O) groups is 2. The minimum absolute atomic E-state index is 0.0639. The Morgan fingerprint density at radius 2 is 2.14 bits per heavy atom. The van der Waals surface area contributed by atoms with E-state index in [-0.39, 0.29) is 17.9 Å². The number of hydrogen-bond donors (Lipinski definition) is 1. The molecule has 1 aliphatic rings. The summed E-state index contributed by atoms with van der Waals surface area (Å²) in [6.07, 6.45) is 1.29. The molecule has 1 fully saturated rings. The second-order valence-electron chi connectivity index (χ2n) is 4.96. The van der Waals surface area contributed by atoms with Crippen molar-refractivity contribution in [1.82, 2.24) is 10.2 Å². The SMILES string of the molecule is C[C@@H]1C(=O)NCCN1C(=O)CCCSc1ccc(Cl)cc1. The molecule has 1 atom stereocenters. The van der Waals surface area contributed by atoms with E-state index >= 15 is 0 Å². The van der Waals surface area contributed by atoms with Crippen LogP contribution in [0.1, 0.15) is 19.8 Å². The summed E-state index contributed by atoms with van der Waals surface area (Å²) in [6.45, 7) is 2.93. The first-order valence-corrected chi connectivity index (χ1v) is 8.40. The molecule has 0 aromatic heterocycles. The second kappa shape index (κ2) is 7.71. The van der Waals surface area contributed by atoms with Gasteiger partial charge in [-0.05, 0) is 43.4 Å². The highest BCUT2D eigenvalue weighted by Gasteiger charge is 2.28. The van der Waals surface area contributed by atoms with Crippen molar-refractivity contribution in [2.45, 2.75) is 30.7 Å². The Labute approximate surface area is 134 Å². The van der Waals surface area contributed by atoms with Gasteiger partial charge >= 0.3 is 0 Å². The molecule has 0 spiro atoms. The van der Waals surface area contributed by atoms with Crippen molar-refractivity contribution in [3.05, 3.63) is 29.3 Å². The van der Waals surface area contributed by atoms with Gasteiger partial charge in [0.2, 0.25) is 11.8 Å². The molecule has 0 unspecified atom stereocenters. The summed E-state index contributed by atoms with van der Waals surface area (Å²) in [7, 11) is 0. The third-order valence-corrected chi connectivity index (χ3v) is 4.79. The topological polar surface area (TPSA) is 49.4 Å². The van der Waals surface area contributed by atoms with E-state index in [0.717, 1.165) is 22.1 Å². The average molecular weight is 327 g/mol. The first-order valence-electron chi connectivity index (χ1n) is 7.03. The van der Waals surface area contributed by atoms with Crippen LogP contribution in [0.2, 0.25) is 5.02 Å². The number of halogens is 1. The van der Waals surface area contributed by atoms with Crippen LogP contribution >= 0.6 is 23.4 Å². The molecule has 1 aliphatic heterocycles. The van der Waals surface area contributed by atoms with Crippen molar-refractivity contribution >= 4 is 35.2 Å². The summed E-state index contributed by atoms with van der Waals surface area (Å²) in [4.78, 5) is 26.5. The fourth-order valence-electron chi connectivity index (χ4n) is 2.21. The Hall–Kier alpha value is -1.20. The molecule has 2 rings (SSSR count). The van der Waals surface area contributed by atoms with Crippen LogP contribution in [0.15, 0.2) is 29.2 Å². The van der Waals surface area contributed by atoms with Crippen molar-refractivity contribution in [3.8, 4) is 0 Å². The number of piperazine rings is 1. The van der Waals surface area contributed by atoms with Gasteiger partial charge in [-0.1, -0.05) is 11.6 Å². The van der Waals surface area contributed by atoms with E-state index in [0.29, 0.717) is 19.5 Å². The van der Waals surface area contributed by atoms with E-state index in [2.05, 4.69) is 5.32 Å². The van der Waals surface area contributed by atoms with Crippen LogP contribution in [0, 0.1) is 0 Å². The van der Waals surface area contributed by atoms with Crippen molar-refractivity contribution in [2.75, 3.05) is 18.8 Å². The molecule has 0 aliphatic carbocycles. The van der Waals surface area contributed by atoms with E-state index in [4.69, 9.17) is 11.6 Å². The van der Waals surface area contributed by atoms with Gasteiger partial charge in [0, 0.05) is 29.4 Å². The lowest BCUT2D eigenvalue weighted by atomic mass is 10.2. The van der Waals surface area contributed by atoms with Crippen LogP contribution in [-0.2, 0) is 9.59 Å². The van der Waals surface area contributed by atoms with Gasteiger partial charge in [0.05, 0.1) is 0 Å². The lowest BCUT2D eigenvalue weighted by Gasteiger charge is -2.32. The Bertz CT molecular complexity index is 507. The summed E-state index contributed by atoms with van der Waals surface area (Å²) in [5.41, 5.74) is 0. The molecule has 1 aromatic carbocycles. The van der Waals surface area contributed by atoms with Gasteiger partial charge in [0.25, 0.3) is 0 Å². The Balaban J connectivity index is 1.71. The van der Waals surface area contributed by atoms with E-state index in [1.165, 1.54) is 0 Å². The molecule has 1 saturated heterocycles. The third-order valence-electron chi connectivity index (χ3n) is 3.44. The monoisotopic (exact) mass is 326 g/mol. The molecule has 0 radical (unpaired) electrons. The van der Waals surface area contributed by atoms with Gasteiger partial charge in [-0.2, -0.15) is 0 Å². The highest BCUT2D eigenvalue weighted by Crippen LogP contribution is 2.21. The average Bonchev–Trinajstić information content (AvgIpc) is 2.48. The molecular formula is C15H19ClN2O2S. The minimum Gasteiger partial charge on any atom is -0.353 e. The molecule has 114 valence electrons. The molecule has 0 saturated carbocycles. The molecule has 1 N–H and O–H groups in total. The Morgan fingerprint density at radius 3 is 2.86 bits per heavy atom. The molecule has 1 aromatic rings. The number of carbonyl (C=O) groups excluding carboxylic acids is 2. The number of rotatable bonds is 5. The van der Waals surface area contributed by atoms with Crippen LogP contribution in [0.25, 0.3) is 0 Å². The number of amides is 2. The summed E-state index contributed by atoms with van der Waals surface area (Å²) in [6, 6.07) is 7.33. The fourth-order valence-corrected chi connectivity index (χ4v) is 3.19. The Kier molecular flexibility index (Phi) is 5.94. The second-order valence-corrected chi connectivity index (χ2v) is 6.56. The third kappa shape index (κ3) is 4.64. The number of nitrogens with one attached hydrogen (secondary N) is 1. The van der Waals surface area contributed by atoms with Gasteiger partial charge in [0.1, 0.15) is 6.04 Å². The zero-order valence-corrected chi connectivity index (χ0v) is 13.5. The van der Waals surface area contributed by atoms with E-state index in [9.17, 15) is 9.59 Å². The van der Waals surface area contributed by atoms with Crippen molar-refractivity contribution < 1.29 is 9.59 Å². The lowest BCUT2D eigenvalue weighted by Crippen LogP contribution is -2.55. The summed E-state index contributed by atoms with van der Waals surface area (Å²) < 4.78 is 0. The summed E-state index contributed by atoms with van der Waals surface area (Å²) >= 11 is 7.54. The largest absolute Gasteiger partial charge is 0.353 e. The van der Waals surface area contributed by atoms with Gasteiger partial charge in [-0.25, -0.2) is 0 Å². The van der Waals surface area contributed by atoms with Crippen LogP contribution in [0.5, 0.6) is 0 Å². The Morgan fingerprint density at radius 1 is 1.43 bits per heavy atom. The maximum Gasteiger partial charge on any atom is 0.242 e. The summed E-state index contributed by atoms with van der Waals surface area (Å²) in [5.74, 6) is 0.876. The van der Waals surface area contributed by atoms with E-state index in [1.807, 2.05) is 24.3 Å². The maximum absolute atomic E-state index is 12.1. The van der Waals surface area contributed by atoms with Crippen LogP contribution in [-0.4, -0.2) is 41.6 Å². The van der Waals surface area contributed by atoms with Crippen molar-refractivity contribution in [2.24, 2.45) is 0 Å². The highest BCUT2D eigenvalue weighted by molar-refractivity contribution is 7.99. The van der Waals surface area contributed by atoms with E-state index in [1.54, 1.807) is 23.6 Å². The van der Waals surface area contributed by atoms with Gasteiger partial charge in [-0.15, -0.1) is 11.8 Å². The number of hydrogen-bond acceptors (Lipinski definition) is 3. The van der Waals surface area contributed by atoms with E-state index < -0.39 is 0 Å². The molecule has 1 heterocycles. The van der Waals surface area contributed by atoms with Crippen LogP contribution in [0.3, 0.4) is 0 Å². The molecule has 6 heteroatoms. The predicted octanol–water partition coefficient (Wildman–Crippen LogP) is 2.56. The standard InChI is InChI=1S/C15H19ClN2O2S/c1-11-15(20)17-8-9-18(11)14(19)3-2-10-21-13-6-4-12(16)5-7-13/h4-7,11H,2-3,8-10H2,1H3,(H,17,20)/t11-/m1/s1. The highest BCUT2D eigenvalue weighted by atomic mass is 35.5. The molecular weight excluding hydrogens is 308 g/mol. The quantitative estimate of drug-likeness (QED) is 0.668. The van der Waals surface area contributed by atoms with Crippen LogP contribution in [0.4, 0.5) is 0 Å². The molecule has 0 bridgehead atoms. The minimum atomic E-state index is -0.352. The molecule has 21 heavy (non-hydrogen) atoms. The first kappa shape index (κ1) is 16.2. The van der Waals surface area contributed by atoms with Crippen LogP contribution < -0.4 is 5.32 Å². The fraction of sp³-hybridized carbons (Fsp3) is 0.467. The first-order chi connectivity index (χ1) is 10.1. The zero-order valence-electron chi connectivity index (χ0n) is 12.0. The zero-order chi connectivity index (χ0) is 15.2. The number of benzene rings is 1. The number of nitrogens with zero attached hydrogens (tertiary/aromatic N) is 1. The van der Waals surface area contributed by atoms with Gasteiger partial charge < -0.3 is 10.2 Å². The predicted molar refractivity (Wildman–Crippen MR) is 85.6 cm³/mol. The van der Waals surface area contributed by atoms with Crippen molar-refractivity contribution in [3.63, 3.8) is 0 Å². The molecule has 2 amide bonds. The smallest absolute Gasteiger partial charge is 0.242 e. The normalized spacial score (nSPS) is 18.5. The lowest BCUT2D eigenvalue weighted by molar-refractivity contribution is -0.142. The number of thioether (sulfide) groups is 1. The molecule has 4 nitrogen and oxygen atoms in total. The van der Waals surface area contributed by atoms with Gasteiger partial charge in [0.15, 0.2) is 0 Å². The van der Waals surface area contributed by atoms with Crippen molar-refractivity contribution in [1.29, 1.82) is 0 Å². The maximum atomic E-state index is 12.1.